The minimum Gasteiger partial charge on any atom is -0.508 e. The van der Waals surface area contributed by atoms with E-state index in [1.54, 1.807) is 12.1 Å². The van der Waals surface area contributed by atoms with Gasteiger partial charge in [0.05, 0.1) is 33.5 Å². The molecule has 0 radical (unpaired) electrons. The Morgan fingerprint density at radius 1 is 0.980 bits per heavy atom. The first kappa shape index (κ1) is 32.3. The van der Waals surface area contributed by atoms with Gasteiger partial charge >= 0.3 is 6.01 Å². The average Bonchev–Trinajstić information content (AvgIpc) is 3.33. The summed E-state index contributed by atoms with van der Waals surface area (Å²) in [5, 5.41) is 11.4. The van der Waals surface area contributed by atoms with Gasteiger partial charge in [0.15, 0.2) is 5.82 Å². The number of methoxy groups -OCH3 is 1. The number of anilines is 1. The molecule has 0 bridgehead atoms. The summed E-state index contributed by atoms with van der Waals surface area (Å²) < 4.78 is 55.9. The van der Waals surface area contributed by atoms with Crippen LogP contribution in [0.3, 0.4) is 0 Å². The molecule has 1 aliphatic carbocycles. The lowest BCUT2D eigenvalue weighted by Crippen LogP contribution is -2.57. The highest BCUT2D eigenvalue weighted by Gasteiger charge is 2.50. The first-order chi connectivity index (χ1) is 23.8. The molecule has 5 heterocycles. The number of benzene rings is 2. The average molecular weight is 676 g/mol. The number of ether oxygens (including phenoxy) is 4. The van der Waals surface area contributed by atoms with Crippen LogP contribution < -0.4 is 14.4 Å². The summed E-state index contributed by atoms with van der Waals surface area (Å²) in [6.45, 7) is 8.66. The van der Waals surface area contributed by atoms with Crippen LogP contribution in [0.15, 0.2) is 30.3 Å². The van der Waals surface area contributed by atoms with Crippen molar-refractivity contribution in [1.82, 2.24) is 19.9 Å². The van der Waals surface area contributed by atoms with Gasteiger partial charge in [0, 0.05) is 54.1 Å². The number of nitrogens with zero attached hydrogens (tertiary/aromatic N) is 5. The SMILES string of the molecule is COc1nc(-c2cc(O)cc3cccc(F)c23)c(F)c2nc(OCC34CCCC3N(CC3(C)COC3)CCC4)nc(N3CCCOCC3)c12. The van der Waals surface area contributed by atoms with Gasteiger partial charge in [0.1, 0.15) is 34.0 Å². The number of phenolic OH excluding ortho intramolecular Hbond substituents is 1. The van der Waals surface area contributed by atoms with Gasteiger partial charge in [-0.25, -0.2) is 13.8 Å². The summed E-state index contributed by atoms with van der Waals surface area (Å²) in [5.41, 5.74) is 0.00844. The minimum atomic E-state index is -0.776. The van der Waals surface area contributed by atoms with Gasteiger partial charge in [-0.05, 0) is 62.2 Å². The van der Waals surface area contributed by atoms with Crippen molar-refractivity contribution in [3.05, 3.63) is 42.0 Å². The second-order valence-electron chi connectivity index (χ2n) is 14.6. The Kier molecular flexibility index (Phi) is 8.44. The van der Waals surface area contributed by atoms with E-state index in [1.165, 1.54) is 25.3 Å². The minimum absolute atomic E-state index is 0.0384. The summed E-state index contributed by atoms with van der Waals surface area (Å²) in [5.74, 6) is -0.929. The van der Waals surface area contributed by atoms with E-state index in [4.69, 9.17) is 28.9 Å². The number of phenols is 1. The number of likely N-dealkylation sites (tertiary alicyclic amines) is 1. The normalized spacial score (nSPS) is 24.1. The first-order valence-corrected chi connectivity index (χ1v) is 17.4. The van der Waals surface area contributed by atoms with E-state index >= 15 is 8.78 Å². The number of halogens is 2. The maximum absolute atomic E-state index is 17.0. The molecule has 12 heteroatoms. The molecule has 0 spiro atoms. The van der Waals surface area contributed by atoms with Gasteiger partial charge in [-0.1, -0.05) is 25.5 Å². The lowest BCUT2D eigenvalue weighted by atomic mass is 9.74. The highest BCUT2D eigenvalue weighted by Crippen LogP contribution is 2.49. The first-order valence-electron chi connectivity index (χ1n) is 17.4. The van der Waals surface area contributed by atoms with Crippen molar-refractivity contribution in [3.63, 3.8) is 0 Å². The molecule has 4 aromatic rings. The molecule has 260 valence electrons. The van der Waals surface area contributed by atoms with E-state index in [2.05, 4.69) is 16.8 Å². The molecule has 0 amide bonds. The third kappa shape index (κ3) is 5.81. The molecule has 1 N–H and O–H groups in total. The lowest BCUT2D eigenvalue weighted by Gasteiger charge is -2.50. The molecule has 10 nitrogen and oxygen atoms in total. The van der Waals surface area contributed by atoms with E-state index in [0.29, 0.717) is 55.5 Å². The Morgan fingerprint density at radius 2 is 1.84 bits per heavy atom. The summed E-state index contributed by atoms with van der Waals surface area (Å²) in [7, 11) is 1.45. The second-order valence-corrected chi connectivity index (χ2v) is 14.6. The maximum Gasteiger partial charge on any atom is 0.319 e. The Labute approximate surface area is 284 Å². The molecular weight excluding hydrogens is 632 g/mol. The van der Waals surface area contributed by atoms with Crippen molar-refractivity contribution in [2.24, 2.45) is 10.8 Å². The van der Waals surface area contributed by atoms with Crippen molar-refractivity contribution in [2.45, 2.75) is 51.5 Å². The van der Waals surface area contributed by atoms with Crippen LogP contribution in [-0.2, 0) is 9.47 Å². The Balaban J connectivity index is 1.23. The fraction of sp³-hybridized carbons (Fsp3) is 0.541. The van der Waals surface area contributed by atoms with Crippen LogP contribution in [0, 0.1) is 22.5 Å². The summed E-state index contributed by atoms with van der Waals surface area (Å²) >= 11 is 0. The number of aromatic nitrogens is 3. The van der Waals surface area contributed by atoms with Crippen LogP contribution in [0.5, 0.6) is 17.6 Å². The summed E-state index contributed by atoms with van der Waals surface area (Å²) in [4.78, 5) is 18.9. The standard InChI is InChI=1S/C37H43F2N5O5/c1-36(20-48-21-36)19-44-12-5-11-37(10-4-9-27(37)44)22-49-35-41-32-29(33(42-35)43-13-6-15-47-16-14-43)34(46-2)40-31(30(32)39)25-18-24(45)17-23-7-3-8-26(38)28(23)25/h3,7-8,17-18,27,45H,4-6,9-16,19-22H2,1-2H3. The van der Waals surface area contributed by atoms with Crippen LogP contribution in [0.2, 0.25) is 0 Å². The number of rotatable bonds is 8. The second kappa shape index (κ2) is 12.8. The molecule has 4 aliphatic rings. The fourth-order valence-corrected chi connectivity index (χ4v) is 8.68. The zero-order chi connectivity index (χ0) is 33.8. The number of pyridine rings is 1. The molecule has 2 aromatic carbocycles. The van der Waals surface area contributed by atoms with Gasteiger partial charge in [-0.3, -0.25) is 4.90 Å². The molecule has 1 saturated carbocycles. The van der Waals surface area contributed by atoms with Crippen molar-refractivity contribution in [2.75, 3.05) is 71.2 Å². The van der Waals surface area contributed by atoms with E-state index < -0.39 is 11.6 Å². The maximum atomic E-state index is 17.0. The molecule has 2 atom stereocenters. The van der Waals surface area contributed by atoms with Crippen molar-refractivity contribution in [3.8, 4) is 28.9 Å². The monoisotopic (exact) mass is 675 g/mol. The molecule has 2 unspecified atom stereocenters. The molecule has 8 rings (SSSR count). The van der Waals surface area contributed by atoms with Crippen LogP contribution >= 0.6 is 0 Å². The van der Waals surface area contributed by atoms with Gasteiger partial charge in [-0.2, -0.15) is 9.97 Å². The summed E-state index contributed by atoms with van der Waals surface area (Å²) in [6.07, 6.45) is 6.20. The Morgan fingerprint density at radius 3 is 2.65 bits per heavy atom. The van der Waals surface area contributed by atoms with Crippen LogP contribution in [0.25, 0.3) is 32.9 Å². The zero-order valence-electron chi connectivity index (χ0n) is 28.1. The molecule has 3 aliphatic heterocycles. The van der Waals surface area contributed by atoms with Crippen LogP contribution in [-0.4, -0.2) is 97.3 Å². The van der Waals surface area contributed by atoms with Crippen molar-refractivity contribution < 1.29 is 32.8 Å². The van der Waals surface area contributed by atoms with Gasteiger partial charge in [0.2, 0.25) is 5.88 Å². The lowest BCUT2D eigenvalue weighted by molar-refractivity contribution is -0.130. The highest BCUT2D eigenvalue weighted by molar-refractivity contribution is 6.02. The van der Waals surface area contributed by atoms with Crippen LogP contribution in [0.4, 0.5) is 14.6 Å². The number of aromatic hydroxyl groups is 1. The molecular formula is C37H43F2N5O5. The van der Waals surface area contributed by atoms with Crippen LogP contribution in [0.1, 0.15) is 45.4 Å². The molecule has 3 saturated heterocycles. The number of hydrogen-bond acceptors (Lipinski definition) is 10. The van der Waals surface area contributed by atoms with E-state index in [-0.39, 0.29) is 50.6 Å². The molecule has 2 aromatic heterocycles. The largest absolute Gasteiger partial charge is 0.508 e. The zero-order valence-corrected chi connectivity index (χ0v) is 28.1. The Bertz CT molecular complexity index is 1880. The van der Waals surface area contributed by atoms with Gasteiger partial charge < -0.3 is 29.0 Å². The molecule has 49 heavy (non-hydrogen) atoms. The highest BCUT2D eigenvalue weighted by atomic mass is 19.1. The number of fused-ring (bicyclic) bond motifs is 3. The van der Waals surface area contributed by atoms with Crippen molar-refractivity contribution in [1.29, 1.82) is 0 Å². The summed E-state index contributed by atoms with van der Waals surface area (Å²) in [6, 6.07) is 7.73. The van der Waals surface area contributed by atoms with E-state index in [9.17, 15) is 5.11 Å². The third-order valence-electron chi connectivity index (χ3n) is 11.0. The van der Waals surface area contributed by atoms with Gasteiger partial charge in [-0.15, -0.1) is 0 Å². The quantitative estimate of drug-likeness (QED) is 0.235. The number of hydrogen-bond donors (Lipinski definition) is 1. The third-order valence-corrected chi connectivity index (χ3v) is 11.0. The molecule has 4 fully saturated rings. The van der Waals surface area contributed by atoms with Gasteiger partial charge in [0.25, 0.3) is 0 Å². The topological polar surface area (TPSA) is 102 Å². The van der Waals surface area contributed by atoms with E-state index in [1.807, 2.05) is 4.90 Å². The van der Waals surface area contributed by atoms with Crippen molar-refractivity contribution >= 4 is 27.5 Å². The fourth-order valence-electron chi connectivity index (χ4n) is 8.68. The predicted octanol–water partition coefficient (Wildman–Crippen LogP) is 6.11. The van der Waals surface area contributed by atoms with E-state index in [0.717, 1.165) is 64.8 Å². The Hall–Kier alpha value is -3.87. The number of piperidine rings is 1. The smallest absolute Gasteiger partial charge is 0.319 e. The predicted molar refractivity (Wildman–Crippen MR) is 181 cm³/mol.